The molecule has 0 saturated carbocycles. The summed E-state index contributed by atoms with van der Waals surface area (Å²) in [5.74, 6) is -3.18. The zero-order valence-corrected chi connectivity index (χ0v) is 12.8. The van der Waals surface area contributed by atoms with E-state index in [0.717, 1.165) is 0 Å². The van der Waals surface area contributed by atoms with Gasteiger partial charge in [0.1, 0.15) is 5.92 Å². The number of ether oxygens (including phenoxy) is 1. The molecule has 0 spiro atoms. The monoisotopic (exact) mass is 329 g/mol. The molecule has 0 radical (unpaired) electrons. The minimum Gasteiger partial charge on any atom is -0.460 e. The Morgan fingerprint density at radius 1 is 1.33 bits per heavy atom. The van der Waals surface area contributed by atoms with Gasteiger partial charge in [0.2, 0.25) is 5.91 Å². The van der Waals surface area contributed by atoms with Crippen LogP contribution in [0.25, 0.3) is 0 Å². The number of hydrogen-bond donors (Lipinski definition) is 0. The van der Waals surface area contributed by atoms with E-state index in [4.69, 9.17) is 23.2 Å². The van der Waals surface area contributed by atoms with Crippen LogP contribution in [-0.2, 0) is 19.1 Å². The topological polar surface area (TPSA) is 63.7 Å². The number of ketones is 1. The standard InChI is InChI=1S/C14H13Cl2NO4/c1-2-21-14(20)12(18)9-5-6-17(13(9)19)8-3-4-10(15)11(16)7-8/h3-4,7,9H,2,5-6H2,1H3. The third-order valence-corrected chi connectivity index (χ3v) is 3.95. The molecule has 1 saturated heterocycles. The van der Waals surface area contributed by atoms with Gasteiger partial charge in [-0.3, -0.25) is 9.59 Å². The van der Waals surface area contributed by atoms with E-state index >= 15 is 0 Å². The predicted octanol–water partition coefficient (Wildman–Crippen LogP) is 2.48. The average molecular weight is 330 g/mol. The number of rotatable bonds is 4. The maximum absolute atomic E-state index is 12.3. The number of hydrogen-bond acceptors (Lipinski definition) is 4. The molecule has 112 valence electrons. The first kappa shape index (κ1) is 15.8. The number of amides is 1. The lowest BCUT2D eigenvalue weighted by molar-refractivity contribution is -0.156. The first-order valence-electron chi connectivity index (χ1n) is 6.43. The maximum atomic E-state index is 12.3. The summed E-state index contributed by atoms with van der Waals surface area (Å²) in [6, 6.07) is 4.77. The Morgan fingerprint density at radius 3 is 2.67 bits per heavy atom. The molecule has 0 aromatic heterocycles. The molecule has 0 bridgehead atoms. The summed E-state index contributed by atoms with van der Waals surface area (Å²) >= 11 is 11.7. The third-order valence-electron chi connectivity index (χ3n) is 3.21. The van der Waals surface area contributed by atoms with Gasteiger partial charge in [-0.1, -0.05) is 23.2 Å². The summed E-state index contributed by atoms with van der Waals surface area (Å²) in [5, 5.41) is 0.702. The van der Waals surface area contributed by atoms with Crippen molar-refractivity contribution in [2.24, 2.45) is 5.92 Å². The quantitative estimate of drug-likeness (QED) is 0.483. The van der Waals surface area contributed by atoms with Gasteiger partial charge in [0.05, 0.1) is 16.7 Å². The third kappa shape index (κ3) is 3.19. The minimum absolute atomic E-state index is 0.0992. The highest BCUT2D eigenvalue weighted by atomic mass is 35.5. The molecule has 5 nitrogen and oxygen atoms in total. The fourth-order valence-corrected chi connectivity index (χ4v) is 2.47. The molecule has 2 rings (SSSR count). The molecule has 1 aromatic rings. The zero-order valence-electron chi connectivity index (χ0n) is 11.3. The molecule has 1 heterocycles. The molecule has 7 heteroatoms. The van der Waals surface area contributed by atoms with Crippen LogP contribution in [0, 0.1) is 5.92 Å². The summed E-state index contributed by atoms with van der Waals surface area (Å²) < 4.78 is 4.64. The van der Waals surface area contributed by atoms with Crippen LogP contribution >= 0.6 is 23.2 Å². The van der Waals surface area contributed by atoms with Crippen molar-refractivity contribution in [3.63, 3.8) is 0 Å². The average Bonchev–Trinajstić information content (AvgIpc) is 2.83. The van der Waals surface area contributed by atoms with Gasteiger partial charge in [0, 0.05) is 12.2 Å². The van der Waals surface area contributed by atoms with E-state index in [2.05, 4.69) is 4.74 Å². The molecule has 1 atom stereocenters. The molecule has 1 aliphatic heterocycles. The number of nitrogens with zero attached hydrogens (tertiary/aromatic N) is 1. The molecule has 1 aromatic carbocycles. The van der Waals surface area contributed by atoms with Crippen LogP contribution in [0.1, 0.15) is 13.3 Å². The van der Waals surface area contributed by atoms with Crippen LogP contribution in [0.2, 0.25) is 10.0 Å². The Morgan fingerprint density at radius 2 is 2.05 bits per heavy atom. The van der Waals surface area contributed by atoms with Gasteiger partial charge in [-0.2, -0.15) is 0 Å². The summed E-state index contributed by atoms with van der Waals surface area (Å²) in [6.45, 7) is 2.04. The fourth-order valence-electron chi connectivity index (χ4n) is 2.18. The van der Waals surface area contributed by atoms with Crippen molar-refractivity contribution in [2.75, 3.05) is 18.1 Å². The molecule has 1 aliphatic rings. The molecular formula is C14H13Cl2NO4. The highest BCUT2D eigenvalue weighted by Crippen LogP contribution is 2.31. The predicted molar refractivity (Wildman–Crippen MR) is 78.6 cm³/mol. The Bertz CT molecular complexity index is 603. The van der Waals surface area contributed by atoms with E-state index in [1.54, 1.807) is 25.1 Å². The van der Waals surface area contributed by atoms with Crippen LogP contribution in [0.15, 0.2) is 18.2 Å². The minimum atomic E-state index is -0.987. The van der Waals surface area contributed by atoms with E-state index in [1.807, 2.05) is 0 Å². The van der Waals surface area contributed by atoms with E-state index in [1.165, 1.54) is 4.90 Å². The SMILES string of the molecule is CCOC(=O)C(=O)C1CCN(c2ccc(Cl)c(Cl)c2)C1=O. The summed E-state index contributed by atoms with van der Waals surface area (Å²) in [4.78, 5) is 37.0. The van der Waals surface area contributed by atoms with Gasteiger partial charge >= 0.3 is 5.97 Å². The number of carbonyl (C=O) groups excluding carboxylic acids is 3. The van der Waals surface area contributed by atoms with E-state index in [-0.39, 0.29) is 13.0 Å². The van der Waals surface area contributed by atoms with Crippen molar-refractivity contribution >= 4 is 46.5 Å². The highest BCUT2D eigenvalue weighted by Gasteiger charge is 2.41. The van der Waals surface area contributed by atoms with Crippen molar-refractivity contribution in [2.45, 2.75) is 13.3 Å². The second kappa shape index (κ2) is 6.45. The Hall–Kier alpha value is -1.59. The van der Waals surface area contributed by atoms with E-state index in [0.29, 0.717) is 22.3 Å². The Kier molecular flexibility index (Phi) is 4.85. The summed E-state index contributed by atoms with van der Waals surface area (Å²) in [7, 11) is 0. The van der Waals surface area contributed by atoms with Crippen molar-refractivity contribution in [3.8, 4) is 0 Å². The van der Waals surface area contributed by atoms with Crippen molar-refractivity contribution in [1.82, 2.24) is 0 Å². The molecule has 21 heavy (non-hydrogen) atoms. The molecule has 0 aliphatic carbocycles. The fraction of sp³-hybridized carbons (Fsp3) is 0.357. The molecule has 1 fully saturated rings. The molecular weight excluding hydrogens is 317 g/mol. The smallest absolute Gasteiger partial charge is 0.375 e. The lowest BCUT2D eigenvalue weighted by Gasteiger charge is -2.17. The van der Waals surface area contributed by atoms with Gasteiger partial charge in [-0.25, -0.2) is 4.79 Å². The lowest BCUT2D eigenvalue weighted by atomic mass is 10.0. The Labute approximate surface area is 131 Å². The summed E-state index contributed by atoms with van der Waals surface area (Å²) in [5.41, 5.74) is 0.550. The van der Waals surface area contributed by atoms with Crippen molar-refractivity contribution in [1.29, 1.82) is 0 Å². The number of anilines is 1. The molecule has 1 unspecified atom stereocenters. The number of esters is 1. The second-order valence-electron chi connectivity index (χ2n) is 4.51. The highest BCUT2D eigenvalue weighted by molar-refractivity contribution is 6.42. The van der Waals surface area contributed by atoms with Crippen LogP contribution in [0.5, 0.6) is 0 Å². The van der Waals surface area contributed by atoms with Crippen LogP contribution in [0.4, 0.5) is 5.69 Å². The molecule has 0 N–H and O–H groups in total. The van der Waals surface area contributed by atoms with Crippen LogP contribution in [-0.4, -0.2) is 30.8 Å². The van der Waals surface area contributed by atoms with Crippen LogP contribution in [0.3, 0.4) is 0 Å². The summed E-state index contributed by atoms with van der Waals surface area (Å²) in [6.07, 6.45) is 0.275. The van der Waals surface area contributed by atoms with Gasteiger partial charge in [-0.15, -0.1) is 0 Å². The second-order valence-corrected chi connectivity index (χ2v) is 5.33. The largest absolute Gasteiger partial charge is 0.460 e. The van der Waals surface area contributed by atoms with E-state index < -0.39 is 23.6 Å². The van der Waals surface area contributed by atoms with Gasteiger partial charge in [0.15, 0.2) is 0 Å². The number of halogens is 2. The van der Waals surface area contributed by atoms with Crippen molar-refractivity contribution < 1.29 is 19.1 Å². The van der Waals surface area contributed by atoms with Gasteiger partial charge < -0.3 is 9.64 Å². The van der Waals surface area contributed by atoms with Crippen LogP contribution < -0.4 is 4.90 Å². The van der Waals surface area contributed by atoms with Crippen molar-refractivity contribution in [3.05, 3.63) is 28.2 Å². The Balaban J connectivity index is 2.16. The lowest BCUT2D eigenvalue weighted by Crippen LogP contribution is -2.34. The number of carbonyl (C=O) groups is 3. The maximum Gasteiger partial charge on any atom is 0.375 e. The molecule has 1 amide bonds. The number of benzene rings is 1. The number of Topliss-reactive ketones (excluding diaryl/α,β-unsaturated/α-hetero) is 1. The first-order chi connectivity index (χ1) is 9.95. The van der Waals surface area contributed by atoms with Gasteiger partial charge in [-0.05, 0) is 31.5 Å². The first-order valence-corrected chi connectivity index (χ1v) is 7.18. The normalized spacial score (nSPS) is 18.0. The zero-order chi connectivity index (χ0) is 15.6. The van der Waals surface area contributed by atoms with Gasteiger partial charge in [0.25, 0.3) is 5.78 Å². The van der Waals surface area contributed by atoms with E-state index in [9.17, 15) is 14.4 Å².